The molecule has 0 aromatic heterocycles. The van der Waals surface area contributed by atoms with Gasteiger partial charge in [0.15, 0.2) is 0 Å². The van der Waals surface area contributed by atoms with Gasteiger partial charge in [-0.15, -0.1) is 0 Å². The van der Waals surface area contributed by atoms with Crippen LogP contribution in [0.3, 0.4) is 0 Å². The van der Waals surface area contributed by atoms with E-state index in [0.717, 1.165) is 51.1 Å². The molecule has 0 aromatic rings. The van der Waals surface area contributed by atoms with E-state index in [0.29, 0.717) is 17.2 Å². The van der Waals surface area contributed by atoms with Gasteiger partial charge >= 0.3 is 0 Å². The largest absolute Gasteiger partial charge is 0.342 e. The van der Waals surface area contributed by atoms with Crippen LogP contribution in [0.1, 0.15) is 66.2 Å². The molecule has 4 unspecified atom stereocenters. The number of amides is 1. The first-order valence-corrected chi connectivity index (χ1v) is 8.85. The third-order valence-corrected chi connectivity index (χ3v) is 5.94. The minimum Gasteiger partial charge on any atom is -0.342 e. The molecule has 0 spiro atoms. The van der Waals surface area contributed by atoms with Gasteiger partial charge in [-0.25, -0.2) is 0 Å². The first-order valence-electron chi connectivity index (χ1n) is 8.85. The lowest BCUT2D eigenvalue weighted by Crippen LogP contribution is -2.46. The fourth-order valence-electron chi connectivity index (χ4n) is 4.16. The average Bonchev–Trinajstić information content (AvgIpc) is 2.66. The maximum atomic E-state index is 12.9. The molecule has 1 aliphatic carbocycles. The normalized spacial score (nSPS) is 35.4. The van der Waals surface area contributed by atoms with Crippen molar-refractivity contribution in [2.45, 2.75) is 72.3 Å². The number of carbonyl (C=O) groups is 1. The van der Waals surface area contributed by atoms with Crippen molar-refractivity contribution in [3.8, 4) is 0 Å². The highest BCUT2D eigenvalue weighted by molar-refractivity contribution is 5.79. The van der Waals surface area contributed by atoms with E-state index in [1.165, 1.54) is 6.42 Å². The van der Waals surface area contributed by atoms with Crippen LogP contribution in [0.15, 0.2) is 0 Å². The minimum absolute atomic E-state index is 0.167. The van der Waals surface area contributed by atoms with Gasteiger partial charge in [-0.3, -0.25) is 4.79 Å². The van der Waals surface area contributed by atoms with Crippen molar-refractivity contribution in [3.05, 3.63) is 0 Å². The Morgan fingerprint density at radius 2 is 1.76 bits per heavy atom. The molecular formula is C18H34N2O. The fraction of sp³-hybridized carbons (Fsp3) is 0.944. The smallest absolute Gasteiger partial charge is 0.226 e. The summed E-state index contributed by atoms with van der Waals surface area (Å²) in [5.41, 5.74) is 6.54. The fourth-order valence-corrected chi connectivity index (χ4v) is 4.16. The Morgan fingerprint density at radius 1 is 1.05 bits per heavy atom. The zero-order chi connectivity index (χ0) is 15.6. The standard InChI is InChI=1S/C18H34N2O/c1-13-15(8-5-9-16(13)19)17(21)20-11-6-7-14(10-12-20)18(2,3)4/h13-16H,5-12,19H2,1-4H3. The predicted octanol–water partition coefficient (Wildman–Crippen LogP) is 3.42. The molecule has 1 saturated carbocycles. The summed E-state index contributed by atoms with van der Waals surface area (Å²) in [5.74, 6) is 1.63. The van der Waals surface area contributed by atoms with Gasteiger partial charge in [-0.2, -0.15) is 0 Å². The summed E-state index contributed by atoms with van der Waals surface area (Å²) in [5, 5.41) is 0. The van der Waals surface area contributed by atoms with Crippen molar-refractivity contribution < 1.29 is 4.79 Å². The second-order valence-electron chi connectivity index (χ2n) is 8.38. The molecule has 2 N–H and O–H groups in total. The molecular weight excluding hydrogens is 260 g/mol. The number of rotatable bonds is 1. The van der Waals surface area contributed by atoms with Crippen LogP contribution in [0.2, 0.25) is 0 Å². The van der Waals surface area contributed by atoms with Crippen LogP contribution in [0, 0.1) is 23.2 Å². The molecule has 3 heteroatoms. The van der Waals surface area contributed by atoms with E-state index in [1.807, 2.05) is 0 Å². The number of nitrogens with two attached hydrogens (primary N) is 1. The van der Waals surface area contributed by atoms with Gasteiger partial charge < -0.3 is 10.6 Å². The number of nitrogens with zero attached hydrogens (tertiary/aromatic N) is 1. The summed E-state index contributed by atoms with van der Waals surface area (Å²) in [6, 6.07) is 0.210. The van der Waals surface area contributed by atoms with E-state index in [4.69, 9.17) is 5.73 Å². The quantitative estimate of drug-likeness (QED) is 0.805. The molecule has 2 rings (SSSR count). The molecule has 21 heavy (non-hydrogen) atoms. The second-order valence-corrected chi connectivity index (χ2v) is 8.38. The highest BCUT2D eigenvalue weighted by Crippen LogP contribution is 2.36. The summed E-state index contributed by atoms with van der Waals surface area (Å²) in [6.45, 7) is 11.1. The second kappa shape index (κ2) is 6.68. The average molecular weight is 294 g/mol. The molecule has 1 heterocycles. The SMILES string of the molecule is CC1C(N)CCCC1C(=O)N1CCCC(C(C)(C)C)CC1. The lowest BCUT2D eigenvalue weighted by molar-refractivity contribution is -0.138. The number of hydrogen-bond acceptors (Lipinski definition) is 2. The van der Waals surface area contributed by atoms with E-state index in [1.54, 1.807) is 0 Å². The Morgan fingerprint density at radius 3 is 2.43 bits per heavy atom. The molecule has 2 fully saturated rings. The molecule has 122 valence electrons. The number of hydrogen-bond donors (Lipinski definition) is 1. The van der Waals surface area contributed by atoms with Crippen molar-refractivity contribution in [2.75, 3.05) is 13.1 Å². The maximum absolute atomic E-state index is 12.9. The summed E-state index contributed by atoms with van der Waals surface area (Å²) in [7, 11) is 0. The van der Waals surface area contributed by atoms with Gasteiger partial charge in [0.25, 0.3) is 0 Å². The lowest BCUT2D eigenvalue weighted by Gasteiger charge is -2.36. The topological polar surface area (TPSA) is 46.3 Å². The molecule has 2 aliphatic rings. The van der Waals surface area contributed by atoms with Crippen LogP contribution >= 0.6 is 0 Å². The van der Waals surface area contributed by atoms with E-state index in [2.05, 4.69) is 32.6 Å². The Labute approximate surface area is 130 Å². The Kier molecular flexibility index (Phi) is 5.34. The predicted molar refractivity (Wildman–Crippen MR) is 87.9 cm³/mol. The molecule has 1 amide bonds. The van der Waals surface area contributed by atoms with Crippen molar-refractivity contribution in [3.63, 3.8) is 0 Å². The van der Waals surface area contributed by atoms with Crippen LogP contribution in [-0.2, 0) is 4.79 Å². The van der Waals surface area contributed by atoms with Gasteiger partial charge in [0.05, 0.1) is 0 Å². The van der Waals surface area contributed by atoms with E-state index in [-0.39, 0.29) is 12.0 Å². The highest BCUT2D eigenvalue weighted by atomic mass is 16.2. The lowest BCUT2D eigenvalue weighted by atomic mass is 9.76. The number of carbonyl (C=O) groups excluding carboxylic acids is 1. The third-order valence-electron chi connectivity index (χ3n) is 5.94. The molecule has 0 bridgehead atoms. The highest BCUT2D eigenvalue weighted by Gasteiger charge is 2.36. The van der Waals surface area contributed by atoms with Gasteiger partial charge in [0.2, 0.25) is 5.91 Å². The first kappa shape index (κ1) is 16.8. The van der Waals surface area contributed by atoms with Crippen molar-refractivity contribution in [2.24, 2.45) is 28.9 Å². The maximum Gasteiger partial charge on any atom is 0.226 e. The zero-order valence-corrected chi connectivity index (χ0v) is 14.4. The summed E-state index contributed by atoms with van der Waals surface area (Å²) < 4.78 is 0. The van der Waals surface area contributed by atoms with Crippen LogP contribution in [-0.4, -0.2) is 29.9 Å². The summed E-state index contributed by atoms with van der Waals surface area (Å²) in [4.78, 5) is 15.0. The monoisotopic (exact) mass is 294 g/mol. The molecule has 3 nitrogen and oxygen atoms in total. The Bertz CT molecular complexity index is 361. The van der Waals surface area contributed by atoms with Gasteiger partial charge in [0, 0.05) is 25.0 Å². The van der Waals surface area contributed by atoms with E-state index < -0.39 is 0 Å². The number of likely N-dealkylation sites (tertiary alicyclic amines) is 1. The van der Waals surface area contributed by atoms with Crippen LogP contribution in [0.5, 0.6) is 0 Å². The van der Waals surface area contributed by atoms with Crippen molar-refractivity contribution in [1.82, 2.24) is 4.90 Å². The Balaban J connectivity index is 1.97. The molecule has 1 saturated heterocycles. The minimum atomic E-state index is 0.167. The van der Waals surface area contributed by atoms with Gasteiger partial charge in [0.1, 0.15) is 0 Å². The van der Waals surface area contributed by atoms with Crippen molar-refractivity contribution in [1.29, 1.82) is 0 Å². The van der Waals surface area contributed by atoms with Crippen molar-refractivity contribution >= 4 is 5.91 Å². The van der Waals surface area contributed by atoms with Crippen LogP contribution < -0.4 is 5.73 Å². The summed E-state index contributed by atoms with van der Waals surface area (Å²) in [6.07, 6.45) is 6.79. The van der Waals surface area contributed by atoms with Crippen LogP contribution in [0.25, 0.3) is 0 Å². The Hall–Kier alpha value is -0.570. The molecule has 4 atom stereocenters. The molecule has 0 aromatic carbocycles. The van der Waals surface area contributed by atoms with Crippen LogP contribution in [0.4, 0.5) is 0 Å². The zero-order valence-electron chi connectivity index (χ0n) is 14.4. The third kappa shape index (κ3) is 4.00. The first-order chi connectivity index (χ1) is 9.80. The summed E-state index contributed by atoms with van der Waals surface area (Å²) >= 11 is 0. The molecule has 1 aliphatic heterocycles. The molecule has 0 radical (unpaired) electrons. The van der Waals surface area contributed by atoms with E-state index >= 15 is 0 Å². The van der Waals surface area contributed by atoms with Gasteiger partial charge in [-0.1, -0.05) is 34.1 Å². The van der Waals surface area contributed by atoms with E-state index in [9.17, 15) is 4.79 Å². The van der Waals surface area contributed by atoms with Gasteiger partial charge in [-0.05, 0) is 49.4 Å².